The third-order valence-electron chi connectivity index (χ3n) is 2.80. The zero-order chi connectivity index (χ0) is 7.03. The average Bonchev–Trinajstić information content (AvgIpc) is 1.72. The smallest absolute Gasteiger partial charge is 0.0545 e. The summed E-state index contributed by atoms with van der Waals surface area (Å²) in [7, 11) is 0. The molecule has 2 nitrogen and oxygen atoms in total. The van der Waals surface area contributed by atoms with E-state index in [1.807, 2.05) is 0 Å². The highest BCUT2D eigenvalue weighted by molar-refractivity contribution is 4.97. The fourth-order valence-electron chi connectivity index (χ4n) is 2.18. The Morgan fingerprint density at radius 2 is 2.10 bits per heavy atom. The van der Waals surface area contributed by atoms with Gasteiger partial charge in [-0.05, 0) is 25.2 Å². The minimum absolute atomic E-state index is 0.363. The van der Waals surface area contributed by atoms with Gasteiger partial charge in [-0.1, -0.05) is 0 Å². The Kier molecular flexibility index (Phi) is 1.46. The predicted octanol–water partition coefficient (Wildman–Crippen LogP) is 0.795. The van der Waals surface area contributed by atoms with Gasteiger partial charge in [0.1, 0.15) is 0 Å². The molecule has 0 atom stereocenters. The SMILES string of the molecule is OCCC1CC2(COC2)C1. The van der Waals surface area contributed by atoms with E-state index in [4.69, 9.17) is 9.84 Å². The Bertz CT molecular complexity index is 121. The topological polar surface area (TPSA) is 29.5 Å². The van der Waals surface area contributed by atoms with Crippen LogP contribution in [0, 0.1) is 11.3 Å². The van der Waals surface area contributed by atoms with E-state index in [0.29, 0.717) is 12.0 Å². The van der Waals surface area contributed by atoms with Crippen LogP contribution in [0.15, 0.2) is 0 Å². The zero-order valence-corrected chi connectivity index (χ0v) is 6.18. The van der Waals surface area contributed by atoms with Gasteiger partial charge in [-0.25, -0.2) is 0 Å². The largest absolute Gasteiger partial charge is 0.396 e. The normalized spacial score (nSPS) is 29.7. The number of hydrogen-bond donors (Lipinski definition) is 1. The summed E-state index contributed by atoms with van der Waals surface area (Å²) in [6.07, 6.45) is 3.60. The third-order valence-corrected chi connectivity index (χ3v) is 2.80. The second-order valence-corrected chi connectivity index (χ2v) is 3.78. The van der Waals surface area contributed by atoms with Gasteiger partial charge in [-0.15, -0.1) is 0 Å². The third kappa shape index (κ3) is 0.867. The van der Waals surface area contributed by atoms with Gasteiger partial charge in [-0.2, -0.15) is 0 Å². The van der Waals surface area contributed by atoms with Crippen molar-refractivity contribution in [1.29, 1.82) is 0 Å². The summed E-state index contributed by atoms with van der Waals surface area (Å²) in [5, 5.41) is 8.63. The lowest BCUT2D eigenvalue weighted by Crippen LogP contribution is -2.52. The molecule has 2 fully saturated rings. The van der Waals surface area contributed by atoms with E-state index >= 15 is 0 Å². The van der Waals surface area contributed by atoms with Crippen molar-refractivity contribution in [3.05, 3.63) is 0 Å². The number of hydrogen-bond acceptors (Lipinski definition) is 2. The minimum Gasteiger partial charge on any atom is -0.396 e. The molecule has 10 heavy (non-hydrogen) atoms. The molecule has 0 unspecified atom stereocenters. The Labute approximate surface area is 61.2 Å². The van der Waals surface area contributed by atoms with Gasteiger partial charge in [0.05, 0.1) is 13.2 Å². The number of aliphatic hydroxyl groups is 1. The Morgan fingerprint density at radius 3 is 2.50 bits per heavy atom. The molecule has 1 N–H and O–H groups in total. The first-order valence-corrected chi connectivity index (χ1v) is 4.03. The molecule has 0 aromatic rings. The minimum atomic E-state index is 0.363. The average molecular weight is 142 g/mol. The molecule has 1 spiro atoms. The maximum atomic E-state index is 8.63. The van der Waals surface area contributed by atoms with E-state index in [1.165, 1.54) is 12.8 Å². The van der Waals surface area contributed by atoms with Crippen molar-refractivity contribution < 1.29 is 9.84 Å². The molecule has 1 aliphatic carbocycles. The first-order chi connectivity index (χ1) is 4.85. The second-order valence-electron chi connectivity index (χ2n) is 3.78. The Balaban J connectivity index is 1.72. The lowest BCUT2D eigenvalue weighted by atomic mass is 9.60. The Hall–Kier alpha value is -0.0800. The van der Waals surface area contributed by atoms with E-state index in [-0.39, 0.29) is 0 Å². The summed E-state index contributed by atoms with van der Waals surface area (Å²) in [5.41, 5.74) is 0.583. The Morgan fingerprint density at radius 1 is 1.40 bits per heavy atom. The summed E-state index contributed by atoms with van der Waals surface area (Å²) >= 11 is 0. The number of aliphatic hydroxyl groups excluding tert-OH is 1. The molecule has 0 amide bonds. The fourth-order valence-corrected chi connectivity index (χ4v) is 2.18. The molecule has 2 aliphatic rings. The van der Waals surface area contributed by atoms with Crippen molar-refractivity contribution in [2.45, 2.75) is 19.3 Å². The lowest BCUT2D eigenvalue weighted by molar-refractivity contribution is -0.180. The van der Waals surface area contributed by atoms with E-state index in [1.54, 1.807) is 0 Å². The van der Waals surface area contributed by atoms with Crippen molar-refractivity contribution in [3.8, 4) is 0 Å². The molecule has 1 heterocycles. The highest BCUT2D eigenvalue weighted by Gasteiger charge is 2.48. The highest BCUT2D eigenvalue weighted by Crippen LogP contribution is 2.51. The molecule has 0 bridgehead atoms. The standard InChI is InChI=1S/C8H14O2/c9-2-1-7-3-8(4-7)5-10-6-8/h7,9H,1-6H2. The van der Waals surface area contributed by atoms with Crippen LogP contribution in [0.25, 0.3) is 0 Å². The maximum Gasteiger partial charge on any atom is 0.0545 e. The monoisotopic (exact) mass is 142 g/mol. The van der Waals surface area contributed by atoms with Gasteiger partial charge in [0.15, 0.2) is 0 Å². The van der Waals surface area contributed by atoms with Crippen LogP contribution < -0.4 is 0 Å². The van der Waals surface area contributed by atoms with Gasteiger partial charge in [-0.3, -0.25) is 0 Å². The summed E-state index contributed by atoms with van der Waals surface area (Å²) < 4.78 is 5.14. The lowest BCUT2D eigenvalue weighted by Gasteiger charge is -2.53. The van der Waals surface area contributed by atoms with Crippen molar-refractivity contribution in [2.24, 2.45) is 11.3 Å². The van der Waals surface area contributed by atoms with Crippen molar-refractivity contribution in [1.82, 2.24) is 0 Å². The molecule has 0 aromatic carbocycles. The molecular formula is C8H14O2. The second kappa shape index (κ2) is 2.21. The molecule has 0 aromatic heterocycles. The van der Waals surface area contributed by atoms with Crippen molar-refractivity contribution in [3.63, 3.8) is 0 Å². The summed E-state index contributed by atoms with van der Waals surface area (Å²) in [6, 6.07) is 0. The van der Waals surface area contributed by atoms with E-state index < -0.39 is 0 Å². The van der Waals surface area contributed by atoms with Crippen molar-refractivity contribution >= 4 is 0 Å². The first-order valence-electron chi connectivity index (χ1n) is 4.03. The summed E-state index contributed by atoms with van der Waals surface area (Å²) in [4.78, 5) is 0. The summed E-state index contributed by atoms with van der Waals surface area (Å²) in [6.45, 7) is 2.32. The van der Waals surface area contributed by atoms with Gasteiger partial charge in [0.25, 0.3) is 0 Å². The molecule has 1 aliphatic heterocycles. The van der Waals surface area contributed by atoms with Crippen LogP contribution in [0.5, 0.6) is 0 Å². The van der Waals surface area contributed by atoms with Crippen LogP contribution in [-0.2, 0) is 4.74 Å². The predicted molar refractivity (Wildman–Crippen MR) is 37.7 cm³/mol. The molecule has 58 valence electrons. The molecule has 1 saturated heterocycles. The van der Waals surface area contributed by atoms with Crippen LogP contribution in [0.3, 0.4) is 0 Å². The molecule has 2 heteroatoms. The molecular weight excluding hydrogens is 128 g/mol. The van der Waals surface area contributed by atoms with Gasteiger partial charge in [0.2, 0.25) is 0 Å². The van der Waals surface area contributed by atoms with Crippen molar-refractivity contribution in [2.75, 3.05) is 19.8 Å². The van der Waals surface area contributed by atoms with Crippen LogP contribution in [0.2, 0.25) is 0 Å². The van der Waals surface area contributed by atoms with Gasteiger partial charge in [0, 0.05) is 12.0 Å². The van der Waals surface area contributed by atoms with Crippen LogP contribution in [-0.4, -0.2) is 24.9 Å². The number of ether oxygens (including phenoxy) is 1. The van der Waals surface area contributed by atoms with Gasteiger partial charge < -0.3 is 9.84 Å². The molecule has 2 rings (SSSR count). The van der Waals surface area contributed by atoms with E-state index in [2.05, 4.69) is 0 Å². The number of rotatable bonds is 2. The quantitative estimate of drug-likeness (QED) is 0.617. The zero-order valence-electron chi connectivity index (χ0n) is 6.18. The van der Waals surface area contributed by atoms with E-state index in [0.717, 1.165) is 25.6 Å². The molecule has 0 radical (unpaired) electrons. The maximum absolute atomic E-state index is 8.63. The first kappa shape index (κ1) is 6.62. The van der Waals surface area contributed by atoms with Crippen LogP contribution >= 0.6 is 0 Å². The molecule has 1 saturated carbocycles. The van der Waals surface area contributed by atoms with Crippen LogP contribution in [0.1, 0.15) is 19.3 Å². The summed E-state index contributed by atoms with van der Waals surface area (Å²) in [5.74, 6) is 0.800. The van der Waals surface area contributed by atoms with Gasteiger partial charge >= 0.3 is 0 Å². The van der Waals surface area contributed by atoms with Crippen LogP contribution in [0.4, 0.5) is 0 Å². The highest BCUT2D eigenvalue weighted by atomic mass is 16.5. The van der Waals surface area contributed by atoms with E-state index in [9.17, 15) is 0 Å². The fraction of sp³-hybridized carbons (Fsp3) is 1.00.